The number of carbonyl (C=O) groups is 2. The van der Waals surface area contributed by atoms with Crippen molar-refractivity contribution in [1.29, 1.82) is 0 Å². The molecule has 2 rings (SSSR count). The fourth-order valence-electron chi connectivity index (χ4n) is 3.02. The molecule has 182 valence electrons. The smallest absolute Gasteiger partial charge is 0.238 e. The Hall–Kier alpha value is -3.24. The largest absolute Gasteiger partial charge is 0.331 e. The standard InChI is InChI=1S/C24H32N6O2S2/c31-21(27-29-23(33)25-19-13-7-5-8-14-19)17-11-3-1-2-4-12-18-22(32)28-30-24(34)26-20-15-9-6-10-16-20/h5-10,13-16H,1-4,11-12,17-18H2,(H,27,31)(H,28,32)(H2,25,29,33)(H2,26,30,34). The highest BCUT2D eigenvalue weighted by atomic mass is 32.1. The van der Waals surface area contributed by atoms with Gasteiger partial charge in [-0.25, -0.2) is 0 Å². The molecule has 0 radical (unpaired) electrons. The topological polar surface area (TPSA) is 106 Å². The minimum atomic E-state index is -0.0962. The van der Waals surface area contributed by atoms with Crippen LogP contribution in [0.4, 0.5) is 11.4 Å². The molecule has 2 aromatic rings. The van der Waals surface area contributed by atoms with Crippen LogP contribution < -0.4 is 32.3 Å². The zero-order valence-corrected chi connectivity index (χ0v) is 20.7. The lowest BCUT2D eigenvalue weighted by Gasteiger charge is -2.11. The number of rotatable bonds is 11. The van der Waals surface area contributed by atoms with E-state index in [0.29, 0.717) is 23.1 Å². The lowest BCUT2D eigenvalue weighted by molar-refractivity contribution is -0.122. The Labute approximate surface area is 211 Å². The molecule has 8 nitrogen and oxygen atoms in total. The van der Waals surface area contributed by atoms with E-state index in [1.807, 2.05) is 60.7 Å². The lowest BCUT2D eigenvalue weighted by atomic mass is 10.1. The van der Waals surface area contributed by atoms with Gasteiger partial charge < -0.3 is 10.6 Å². The SMILES string of the molecule is O=C(CCCCCCCCC(=O)NNC(=S)Nc1ccccc1)NNC(=S)Nc1ccccc1. The number of hydrogen-bond donors (Lipinski definition) is 6. The number of unbranched alkanes of at least 4 members (excludes halogenated alkanes) is 5. The highest BCUT2D eigenvalue weighted by molar-refractivity contribution is 7.80. The van der Waals surface area contributed by atoms with Crippen LogP contribution in [-0.2, 0) is 9.59 Å². The van der Waals surface area contributed by atoms with Gasteiger partial charge >= 0.3 is 0 Å². The fraction of sp³-hybridized carbons (Fsp3) is 0.333. The first-order chi connectivity index (χ1) is 16.5. The average molecular weight is 501 g/mol. The maximum absolute atomic E-state index is 11.9. The molecule has 0 saturated heterocycles. The number of para-hydroxylation sites is 2. The van der Waals surface area contributed by atoms with Gasteiger partial charge in [-0.15, -0.1) is 0 Å². The Kier molecular flexibility index (Phi) is 13.0. The van der Waals surface area contributed by atoms with E-state index in [-0.39, 0.29) is 11.8 Å². The third-order valence-electron chi connectivity index (χ3n) is 4.75. The van der Waals surface area contributed by atoms with Crippen LogP contribution in [0.5, 0.6) is 0 Å². The number of thiocarbonyl (C=S) groups is 2. The van der Waals surface area contributed by atoms with Crippen LogP contribution in [0, 0.1) is 0 Å². The summed E-state index contributed by atoms with van der Waals surface area (Å²) >= 11 is 10.3. The predicted molar refractivity (Wildman–Crippen MR) is 145 cm³/mol. The first-order valence-corrected chi connectivity index (χ1v) is 12.2. The molecular weight excluding hydrogens is 468 g/mol. The molecular formula is C24H32N6O2S2. The number of nitrogens with one attached hydrogen (secondary N) is 6. The van der Waals surface area contributed by atoms with Gasteiger partial charge in [0.1, 0.15) is 0 Å². The van der Waals surface area contributed by atoms with Gasteiger partial charge in [-0.2, -0.15) is 0 Å². The summed E-state index contributed by atoms with van der Waals surface area (Å²) in [6.07, 6.45) is 6.48. The highest BCUT2D eigenvalue weighted by Gasteiger charge is 2.04. The van der Waals surface area contributed by atoms with Crippen molar-refractivity contribution < 1.29 is 9.59 Å². The number of carbonyl (C=O) groups excluding carboxylic acids is 2. The second kappa shape index (κ2) is 16.4. The molecule has 0 fully saturated rings. The van der Waals surface area contributed by atoms with Crippen molar-refractivity contribution >= 4 is 57.8 Å². The highest BCUT2D eigenvalue weighted by Crippen LogP contribution is 2.09. The van der Waals surface area contributed by atoms with Gasteiger partial charge in [0.25, 0.3) is 0 Å². The van der Waals surface area contributed by atoms with E-state index in [0.717, 1.165) is 49.9 Å². The van der Waals surface area contributed by atoms with E-state index in [1.54, 1.807) is 0 Å². The van der Waals surface area contributed by atoms with Crippen LogP contribution in [-0.4, -0.2) is 22.0 Å². The van der Waals surface area contributed by atoms with Gasteiger partial charge in [0.05, 0.1) is 0 Å². The van der Waals surface area contributed by atoms with E-state index in [4.69, 9.17) is 24.4 Å². The molecule has 2 aromatic carbocycles. The average Bonchev–Trinajstić information content (AvgIpc) is 2.84. The number of hydrogen-bond acceptors (Lipinski definition) is 4. The molecule has 0 aliphatic carbocycles. The van der Waals surface area contributed by atoms with Crippen molar-refractivity contribution in [2.45, 2.75) is 51.4 Å². The van der Waals surface area contributed by atoms with Crippen molar-refractivity contribution in [3.8, 4) is 0 Å². The first-order valence-electron chi connectivity index (χ1n) is 11.3. The van der Waals surface area contributed by atoms with Gasteiger partial charge in [-0.1, -0.05) is 62.1 Å². The number of anilines is 2. The first kappa shape index (κ1) is 27.0. The molecule has 0 aliphatic rings. The van der Waals surface area contributed by atoms with Crippen LogP contribution in [0.1, 0.15) is 51.4 Å². The second-order valence-electron chi connectivity index (χ2n) is 7.61. The summed E-state index contributed by atoms with van der Waals surface area (Å²) in [7, 11) is 0. The summed E-state index contributed by atoms with van der Waals surface area (Å²) in [5, 5.41) is 6.66. The third kappa shape index (κ3) is 12.7. The monoisotopic (exact) mass is 500 g/mol. The Bertz CT molecular complexity index is 837. The van der Waals surface area contributed by atoms with Gasteiger partial charge in [-0.3, -0.25) is 31.3 Å². The zero-order valence-electron chi connectivity index (χ0n) is 19.1. The lowest BCUT2D eigenvalue weighted by Crippen LogP contribution is -2.43. The Morgan fingerprint density at radius 1 is 0.529 bits per heavy atom. The van der Waals surface area contributed by atoms with Crippen LogP contribution in [0.2, 0.25) is 0 Å². The third-order valence-corrected chi connectivity index (χ3v) is 5.16. The molecule has 0 spiro atoms. The normalized spacial score (nSPS) is 10.0. The predicted octanol–water partition coefficient (Wildman–Crippen LogP) is 4.14. The molecule has 6 N–H and O–H groups in total. The van der Waals surface area contributed by atoms with Crippen LogP contribution >= 0.6 is 24.4 Å². The van der Waals surface area contributed by atoms with Crippen molar-refractivity contribution in [2.75, 3.05) is 10.6 Å². The van der Waals surface area contributed by atoms with Gasteiger partial charge in [0.15, 0.2) is 10.2 Å². The Morgan fingerprint density at radius 2 is 0.882 bits per heavy atom. The molecule has 0 bridgehead atoms. The van der Waals surface area contributed by atoms with Crippen molar-refractivity contribution in [3.05, 3.63) is 60.7 Å². The van der Waals surface area contributed by atoms with Crippen molar-refractivity contribution in [3.63, 3.8) is 0 Å². The summed E-state index contributed by atoms with van der Waals surface area (Å²) < 4.78 is 0. The molecule has 2 amide bonds. The van der Waals surface area contributed by atoms with Gasteiger partial charge in [0.2, 0.25) is 11.8 Å². The molecule has 0 aliphatic heterocycles. The van der Waals surface area contributed by atoms with Crippen molar-refractivity contribution in [2.24, 2.45) is 0 Å². The molecule has 0 unspecified atom stereocenters. The Morgan fingerprint density at radius 3 is 1.26 bits per heavy atom. The quantitative estimate of drug-likeness (QED) is 0.155. The second-order valence-corrected chi connectivity index (χ2v) is 8.42. The summed E-state index contributed by atoms with van der Waals surface area (Å²) in [6.45, 7) is 0. The number of benzene rings is 2. The molecule has 34 heavy (non-hydrogen) atoms. The molecule has 0 aromatic heterocycles. The van der Waals surface area contributed by atoms with Gasteiger partial charge in [-0.05, 0) is 61.5 Å². The molecule has 0 atom stereocenters. The van der Waals surface area contributed by atoms with E-state index >= 15 is 0 Å². The number of amides is 2. The number of hydrazine groups is 2. The van der Waals surface area contributed by atoms with Crippen LogP contribution in [0.3, 0.4) is 0 Å². The zero-order chi connectivity index (χ0) is 24.4. The van der Waals surface area contributed by atoms with E-state index < -0.39 is 0 Å². The minimum absolute atomic E-state index is 0.0962. The maximum atomic E-state index is 11.9. The summed E-state index contributed by atoms with van der Waals surface area (Å²) in [5.74, 6) is -0.192. The summed E-state index contributed by atoms with van der Waals surface area (Å²) in [4.78, 5) is 23.8. The summed E-state index contributed by atoms with van der Waals surface area (Å²) in [6, 6.07) is 19.0. The summed E-state index contributed by atoms with van der Waals surface area (Å²) in [5.41, 5.74) is 12.3. The van der Waals surface area contributed by atoms with Crippen LogP contribution in [0.25, 0.3) is 0 Å². The fourth-order valence-corrected chi connectivity index (χ4v) is 3.36. The molecule has 10 heteroatoms. The van der Waals surface area contributed by atoms with Crippen LogP contribution in [0.15, 0.2) is 60.7 Å². The van der Waals surface area contributed by atoms with E-state index in [2.05, 4.69) is 32.3 Å². The maximum Gasteiger partial charge on any atom is 0.238 e. The van der Waals surface area contributed by atoms with E-state index in [9.17, 15) is 9.59 Å². The molecule has 0 heterocycles. The van der Waals surface area contributed by atoms with E-state index in [1.165, 1.54) is 0 Å². The van der Waals surface area contributed by atoms with Crippen molar-refractivity contribution in [1.82, 2.24) is 21.7 Å². The van der Waals surface area contributed by atoms with Gasteiger partial charge in [0, 0.05) is 24.2 Å². The Balaban J connectivity index is 1.39. The molecule has 0 saturated carbocycles. The minimum Gasteiger partial charge on any atom is -0.331 e.